The summed E-state index contributed by atoms with van der Waals surface area (Å²) in [6, 6.07) is 65.5. The molecule has 2 aromatic heterocycles. The Morgan fingerprint density at radius 2 is 0.897 bits per heavy atom. The van der Waals surface area contributed by atoms with Gasteiger partial charge in [0.05, 0.1) is 19.4 Å². The molecule has 0 spiro atoms. The summed E-state index contributed by atoms with van der Waals surface area (Å²) in [5.74, 6) is 0.136. The number of carboxylic acids is 1. The number of hydrogen-bond donors (Lipinski definition) is 3. The number of fused-ring (bicyclic) bond motifs is 2. The number of hydrogen-bond acceptors (Lipinski definition) is 8. The number of esters is 1. The number of carbonyl (C=O) groups excluding carboxylic acids is 1. The van der Waals surface area contributed by atoms with Crippen molar-refractivity contribution in [3.8, 4) is 33.8 Å². The van der Waals surface area contributed by atoms with Crippen LogP contribution >= 0.6 is 0 Å². The van der Waals surface area contributed by atoms with Crippen molar-refractivity contribution in [2.24, 2.45) is 11.5 Å². The Labute approximate surface area is 470 Å². The minimum Gasteiger partial charge on any atom is -0.870 e. The van der Waals surface area contributed by atoms with Gasteiger partial charge in [0.2, 0.25) is 0 Å². The number of nitrogens with two attached hydrogens (primary N) is 2. The standard InChI is InChI=1S/C33H32N2O3.C31H28N2O3.2CH4.Li.H2O/c1-2-37-33(36)20-28-12-6-7-14-32(28)38-23-26-18-30(27-13-8-11-25(17-27)21-34)29-15-16-35(31(29)19-26)22-24-9-4-3-5-10-24;32-19-23-9-6-11-25(15-23)28-16-24(21-36-30-12-5-4-10-26(30)18-31(34)35)17-29-27(28)13-14-33(29)20-22-7-2-1-3-8-22;;;;/h3-19H,2,20-23,34H2,1H3;1-17H,18-21,32H2,(H,34,35);2*1H4;;1H2/q;;;;+1;/p-1. The third-order valence-electron chi connectivity index (χ3n) is 13.0. The van der Waals surface area contributed by atoms with Gasteiger partial charge in [-0.05, 0) is 123 Å². The molecule has 0 aliphatic rings. The summed E-state index contributed by atoms with van der Waals surface area (Å²) in [6.45, 7) is 5.38. The fraction of sp³-hybridized carbons (Fsp3) is 0.182. The Hall–Kier alpha value is -8.14. The maximum Gasteiger partial charge on any atom is 1.00 e. The molecule has 10 rings (SSSR count). The zero-order valence-corrected chi connectivity index (χ0v) is 43.0. The quantitative estimate of drug-likeness (QED) is 0.0526. The molecule has 0 aliphatic carbocycles. The van der Waals surface area contributed by atoms with Gasteiger partial charge in [0.15, 0.2) is 0 Å². The van der Waals surface area contributed by atoms with E-state index in [1.807, 2.05) is 73.7 Å². The molecule has 10 aromatic rings. The van der Waals surface area contributed by atoms with Gasteiger partial charge in [0.1, 0.15) is 24.7 Å². The number of carbonyl (C=O) groups is 2. The molecule has 0 atom stereocenters. The van der Waals surface area contributed by atoms with Gasteiger partial charge in [-0.15, -0.1) is 0 Å². The average Bonchev–Trinajstić information content (AvgIpc) is 4.09. The molecule has 2 heterocycles. The minimum absolute atomic E-state index is 0. The number of rotatable bonds is 19. The first-order chi connectivity index (χ1) is 36.2. The summed E-state index contributed by atoms with van der Waals surface area (Å²) in [5, 5.41) is 11.6. The van der Waals surface area contributed by atoms with Crippen LogP contribution in [0.15, 0.2) is 207 Å². The van der Waals surface area contributed by atoms with Crippen molar-refractivity contribution in [1.29, 1.82) is 0 Å². The van der Waals surface area contributed by atoms with Crippen LogP contribution < -0.4 is 39.8 Å². The summed E-state index contributed by atoms with van der Waals surface area (Å²) < 4.78 is 22.1. The van der Waals surface area contributed by atoms with Gasteiger partial charge in [-0.3, -0.25) is 9.59 Å². The minimum atomic E-state index is -0.881. The zero-order valence-electron chi connectivity index (χ0n) is 43.0. The Kier molecular flexibility index (Phi) is 22.9. The maximum absolute atomic E-state index is 12.1. The van der Waals surface area contributed by atoms with Crippen LogP contribution in [0.2, 0.25) is 0 Å². The van der Waals surface area contributed by atoms with Crippen LogP contribution in [0.4, 0.5) is 0 Å². The maximum atomic E-state index is 12.1. The first-order valence-corrected chi connectivity index (χ1v) is 24.9. The molecule has 12 heteroatoms. The summed E-state index contributed by atoms with van der Waals surface area (Å²) in [5.41, 5.74) is 26.8. The van der Waals surface area contributed by atoms with E-state index in [-0.39, 0.29) is 58.0 Å². The molecule has 0 saturated carbocycles. The molecule has 0 saturated heterocycles. The van der Waals surface area contributed by atoms with Crippen molar-refractivity contribution in [2.45, 2.75) is 74.0 Å². The van der Waals surface area contributed by atoms with Crippen molar-refractivity contribution in [1.82, 2.24) is 9.13 Å². The van der Waals surface area contributed by atoms with Crippen molar-refractivity contribution in [3.63, 3.8) is 0 Å². The van der Waals surface area contributed by atoms with Crippen molar-refractivity contribution in [2.75, 3.05) is 6.61 Å². The fourth-order valence-electron chi connectivity index (χ4n) is 9.35. The van der Waals surface area contributed by atoms with E-state index in [9.17, 15) is 14.7 Å². The summed E-state index contributed by atoms with van der Waals surface area (Å²) in [6.07, 6.45) is 4.38. The van der Waals surface area contributed by atoms with E-state index >= 15 is 0 Å². The van der Waals surface area contributed by atoms with Crippen LogP contribution in [0.1, 0.15) is 66.3 Å². The van der Waals surface area contributed by atoms with Gasteiger partial charge in [-0.25, -0.2) is 0 Å². The third-order valence-corrected chi connectivity index (χ3v) is 13.0. The summed E-state index contributed by atoms with van der Waals surface area (Å²) in [4.78, 5) is 23.4. The predicted octanol–water partition coefficient (Wildman–Crippen LogP) is 10.6. The van der Waals surface area contributed by atoms with E-state index < -0.39 is 5.97 Å². The molecule has 6 N–H and O–H groups in total. The van der Waals surface area contributed by atoms with Crippen LogP contribution in [0, 0.1) is 0 Å². The van der Waals surface area contributed by atoms with Crippen molar-refractivity contribution >= 4 is 33.7 Å². The topological polar surface area (TPSA) is 174 Å². The van der Waals surface area contributed by atoms with E-state index in [1.165, 1.54) is 16.5 Å². The fourth-order valence-corrected chi connectivity index (χ4v) is 9.35. The first-order valence-electron chi connectivity index (χ1n) is 24.9. The number of benzene rings is 8. The van der Waals surface area contributed by atoms with E-state index in [4.69, 9.17) is 25.7 Å². The smallest absolute Gasteiger partial charge is 0.870 e. The number of para-hydroxylation sites is 2. The van der Waals surface area contributed by atoms with Crippen LogP contribution in [0.5, 0.6) is 11.5 Å². The zero-order chi connectivity index (χ0) is 51.2. The van der Waals surface area contributed by atoms with E-state index in [2.05, 4.69) is 143 Å². The SMILES string of the molecule is C.C.CCOC(=O)Cc1ccccc1OCc1cc(-c2cccc(CN)c2)c2ccn(Cc3ccccc3)c2c1.NCc1cccc(-c2cc(COc3ccccc3CC(=O)O)cc3c2ccn3Cc2ccccc2)c1.[Li+].[OH-]. The van der Waals surface area contributed by atoms with Gasteiger partial charge in [0, 0.05) is 71.5 Å². The van der Waals surface area contributed by atoms with Gasteiger partial charge >= 0.3 is 30.8 Å². The molecule has 0 aliphatic heterocycles. The van der Waals surface area contributed by atoms with Crippen LogP contribution in [-0.2, 0) is 66.6 Å². The Bertz CT molecular complexity index is 3520. The number of aliphatic carboxylic acids is 1. The molecule has 0 bridgehead atoms. The molecule has 0 amide bonds. The van der Waals surface area contributed by atoms with Crippen molar-refractivity contribution in [3.05, 3.63) is 251 Å². The Morgan fingerprint density at radius 1 is 0.487 bits per heavy atom. The van der Waals surface area contributed by atoms with E-state index in [0.717, 1.165) is 79.6 Å². The van der Waals surface area contributed by atoms with Crippen LogP contribution in [0.3, 0.4) is 0 Å². The molecule has 78 heavy (non-hydrogen) atoms. The second kappa shape index (κ2) is 29.4. The predicted molar refractivity (Wildman–Crippen MR) is 310 cm³/mol. The van der Waals surface area contributed by atoms with Gasteiger partial charge in [0.25, 0.3) is 0 Å². The summed E-state index contributed by atoms with van der Waals surface area (Å²) >= 11 is 0. The van der Waals surface area contributed by atoms with Gasteiger partial charge in [-0.1, -0.05) is 148 Å². The summed E-state index contributed by atoms with van der Waals surface area (Å²) in [7, 11) is 0. The molecular weight excluding hydrogens is 968 g/mol. The molecule has 0 fully saturated rings. The van der Waals surface area contributed by atoms with Crippen molar-refractivity contribution < 1.29 is 53.2 Å². The average molecular weight is 1040 g/mol. The normalized spacial score (nSPS) is 10.4. The number of carboxylic acid groups (broad SMARTS) is 1. The van der Waals surface area contributed by atoms with Crippen LogP contribution in [-0.4, -0.2) is 38.3 Å². The van der Waals surface area contributed by atoms with E-state index in [0.29, 0.717) is 50.0 Å². The Morgan fingerprint density at radius 3 is 1.32 bits per heavy atom. The molecule has 11 nitrogen and oxygen atoms in total. The number of aromatic nitrogens is 2. The second-order valence-corrected chi connectivity index (χ2v) is 18.2. The van der Waals surface area contributed by atoms with Crippen LogP contribution in [0.25, 0.3) is 44.1 Å². The molecular formula is C66H69LiN4O7. The molecule has 396 valence electrons. The number of ether oxygens (including phenoxy) is 3. The number of nitrogens with zero attached hydrogens (tertiary/aromatic N) is 2. The largest absolute Gasteiger partial charge is 1.00 e. The molecule has 0 radical (unpaired) electrons. The Balaban J connectivity index is 0.000000274. The second-order valence-electron chi connectivity index (χ2n) is 18.2. The van der Waals surface area contributed by atoms with Gasteiger partial charge in [-0.2, -0.15) is 0 Å². The van der Waals surface area contributed by atoms with Gasteiger partial charge < -0.3 is 45.4 Å². The first kappa shape index (κ1) is 60.7. The monoisotopic (exact) mass is 1040 g/mol. The van der Waals surface area contributed by atoms with E-state index in [1.54, 1.807) is 6.07 Å². The third kappa shape index (κ3) is 15.3. The molecule has 8 aromatic carbocycles. The molecule has 0 unspecified atom stereocenters.